The van der Waals surface area contributed by atoms with Crippen LogP contribution in [0.5, 0.6) is 0 Å². The molecular weight excluding hydrogens is 446 g/mol. The van der Waals surface area contributed by atoms with Gasteiger partial charge in [-0.05, 0) is 86.5 Å². The molecule has 1 heterocycles. The molecule has 2 amide bonds. The second-order valence-corrected chi connectivity index (χ2v) is 10.7. The van der Waals surface area contributed by atoms with E-state index < -0.39 is 0 Å². The highest BCUT2D eigenvalue weighted by Crippen LogP contribution is 2.26. The number of hydrogen-bond donors (Lipinski definition) is 1. The maximum absolute atomic E-state index is 13.1. The van der Waals surface area contributed by atoms with Crippen LogP contribution in [0.4, 0.5) is 5.69 Å². The van der Waals surface area contributed by atoms with Gasteiger partial charge < -0.3 is 10.2 Å². The average Bonchev–Trinajstić information content (AvgIpc) is 2.84. The summed E-state index contributed by atoms with van der Waals surface area (Å²) >= 11 is 0. The molecule has 0 fully saturated rings. The zero-order valence-corrected chi connectivity index (χ0v) is 22.8. The topological polar surface area (TPSA) is 52.7 Å². The van der Waals surface area contributed by atoms with Gasteiger partial charge in [-0.3, -0.25) is 14.5 Å². The summed E-state index contributed by atoms with van der Waals surface area (Å²) in [6.45, 7) is 12.5. The molecule has 0 radical (unpaired) electrons. The lowest BCUT2D eigenvalue weighted by Gasteiger charge is -2.29. The van der Waals surface area contributed by atoms with Crippen molar-refractivity contribution in [3.8, 4) is 0 Å². The Morgan fingerprint density at radius 2 is 1.69 bits per heavy atom. The maximum Gasteiger partial charge on any atom is 0.251 e. The van der Waals surface area contributed by atoms with Gasteiger partial charge in [0.1, 0.15) is 0 Å². The molecule has 1 aliphatic heterocycles. The molecule has 0 bridgehead atoms. The van der Waals surface area contributed by atoms with Crippen LogP contribution in [0.1, 0.15) is 86.3 Å². The largest absolute Gasteiger partial charge is 0.352 e. The molecule has 36 heavy (non-hydrogen) atoms. The molecule has 5 heteroatoms. The molecule has 2 aromatic carbocycles. The van der Waals surface area contributed by atoms with Gasteiger partial charge in [0.2, 0.25) is 5.91 Å². The highest BCUT2D eigenvalue weighted by Gasteiger charge is 2.20. The number of nitrogens with zero attached hydrogens (tertiary/aromatic N) is 2. The Balaban J connectivity index is 1.82. The third-order valence-corrected chi connectivity index (χ3v) is 7.23. The van der Waals surface area contributed by atoms with E-state index in [9.17, 15) is 9.59 Å². The monoisotopic (exact) mass is 491 g/mol. The minimum absolute atomic E-state index is 0.0550. The number of carbonyl (C=O) groups excluding carboxylic acids is 2. The molecule has 3 rings (SSSR count). The van der Waals surface area contributed by atoms with E-state index >= 15 is 0 Å². The Hall–Kier alpha value is -2.66. The van der Waals surface area contributed by atoms with E-state index in [-0.39, 0.29) is 11.8 Å². The first-order valence-corrected chi connectivity index (χ1v) is 13.8. The van der Waals surface area contributed by atoms with Crippen molar-refractivity contribution >= 4 is 17.5 Å². The zero-order chi connectivity index (χ0) is 25.9. The van der Waals surface area contributed by atoms with Crippen molar-refractivity contribution in [3.05, 3.63) is 64.7 Å². The molecule has 0 atom stereocenters. The lowest BCUT2D eigenvalue weighted by Crippen LogP contribution is -2.33. The highest BCUT2D eigenvalue weighted by molar-refractivity contribution is 5.97. The summed E-state index contributed by atoms with van der Waals surface area (Å²) in [5.41, 5.74) is 5.19. The molecule has 5 nitrogen and oxygen atoms in total. The van der Waals surface area contributed by atoms with E-state index in [1.54, 1.807) is 6.92 Å². The molecule has 2 aromatic rings. The number of anilines is 1. The van der Waals surface area contributed by atoms with Gasteiger partial charge in [0.15, 0.2) is 0 Å². The molecule has 0 aromatic heterocycles. The second kappa shape index (κ2) is 14.2. The van der Waals surface area contributed by atoms with Crippen molar-refractivity contribution in [1.82, 2.24) is 10.2 Å². The van der Waals surface area contributed by atoms with Crippen molar-refractivity contribution in [2.45, 2.75) is 79.2 Å². The van der Waals surface area contributed by atoms with Crippen LogP contribution in [-0.2, 0) is 17.8 Å². The summed E-state index contributed by atoms with van der Waals surface area (Å²) in [4.78, 5) is 30.1. The average molecular weight is 492 g/mol. The number of hydrogen-bond acceptors (Lipinski definition) is 3. The van der Waals surface area contributed by atoms with Crippen molar-refractivity contribution in [1.29, 1.82) is 0 Å². The van der Waals surface area contributed by atoms with Crippen LogP contribution in [0, 0.1) is 12.8 Å². The summed E-state index contributed by atoms with van der Waals surface area (Å²) in [7, 11) is 0. The lowest BCUT2D eigenvalue weighted by atomic mass is 10.0. The van der Waals surface area contributed by atoms with Crippen molar-refractivity contribution in [2.75, 3.05) is 31.1 Å². The minimum Gasteiger partial charge on any atom is -0.352 e. The van der Waals surface area contributed by atoms with Crippen LogP contribution in [0.3, 0.4) is 0 Å². The van der Waals surface area contributed by atoms with E-state index in [0.29, 0.717) is 18.0 Å². The van der Waals surface area contributed by atoms with Crippen LogP contribution in [0.15, 0.2) is 42.5 Å². The molecule has 0 aliphatic carbocycles. The predicted octanol–water partition coefficient (Wildman–Crippen LogP) is 6.13. The summed E-state index contributed by atoms with van der Waals surface area (Å²) < 4.78 is 0. The number of benzene rings is 2. The maximum atomic E-state index is 13.1. The standard InChI is InChI=1S/C31H45N3O2/c1-24(2)17-21-33-19-10-6-5-7-11-20-34(26(4)35)30-15-14-28(22-29(30)23-33)31(36)32-18-16-27-13-9-8-12-25(27)3/h8-9,12-15,22,24H,5-7,10-11,16-21,23H2,1-4H3,(H,32,36). The van der Waals surface area contributed by atoms with Gasteiger partial charge in [-0.15, -0.1) is 0 Å². The van der Waals surface area contributed by atoms with E-state index in [4.69, 9.17) is 0 Å². The first-order valence-electron chi connectivity index (χ1n) is 13.8. The number of nitrogens with one attached hydrogen (secondary N) is 1. The van der Waals surface area contributed by atoms with Gasteiger partial charge in [-0.2, -0.15) is 0 Å². The SMILES string of the molecule is CC(=O)N1CCCCCCCN(CCC(C)C)Cc2cc(C(=O)NCCc3ccccc3C)ccc21. The Morgan fingerprint density at radius 1 is 0.972 bits per heavy atom. The fraction of sp³-hybridized carbons (Fsp3) is 0.548. The van der Waals surface area contributed by atoms with Crippen LogP contribution in [-0.4, -0.2) is 42.9 Å². The van der Waals surface area contributed by atoms with Gasteiger partial charge >= 0.3 is 0 Å². The second-order valence-electron chi connectivity index (χ2n) is 10.7. The van der Waals surface area contributed by atoms with Crippen LogP contribution < -0.4 is 10.2 Å². The van der Waals surface area contributed by atoms with E-state index in [0.717, 1.165) is 63.1 Å². The Bertz CT molecular complexity index is 1000. The number of aryl methyl sites for hydroxylation is 1. The Morgan fingerprint density at radius 3 is 2.42 bits per heavy atom. The molecule has 0 unspecified atom stereocenters. The minimum atomic E-state index is -0.0550. The molecule has 0 spiro atoms. The summed E-state index contributed by atoms with van der Waals surface area (Å²) in [5.74, 6) is 0.656. The fourth-order valence-electron chi connectivity index (χ4n) is 4.95. The third kappa shape index (κ3) is 8.48. The number of fused-ring (bicyclic) bond motifs is 1. The van der Waals surface area contributed by atoms with Gasteiger partial charge in [-0.25, -0.2) is 0 Å². The smallest absolute Gasteiger partial charge is 0.251 e. The van der Waals surface area contributed by atoms with Crippen LogP contribution >= 0.6 is 0 Å². The van der Waals surface area contributed by atoms with Crippen LogP contribution in [0.25, 0.3) is 0 Å². The van der Waals surface area contributed by atoms with Crippen molar-refractivity contribution in [2.24, 2.45) is 5.92 Å². The molecule has 196 valence electrons. The number of rotatable bonds is 7. The number of carbonyl (C=O) groups is 2. The van der Waals surface area contributed by atoms with E-state index in [2.05, 4.69) is 43.1 Å². The first-order chi connectivity index (χ1) is 17.3. The van der Waals surface area contributed by atoms with Gasteiger partial charge in [0.05, 0.1) is 0 Å². The van der Waals surface area contributed by atoms with Gasteiger partial charge in [0.25, 0.3) is 5.91 Å². The van der Waals surface area contributed by atoms with Crippen LogP contribution in [0.2, 0.25) is 0 Å². The molecule has 1 N–H and O–H groups in total. The van der Waals surface area contributed by atoms with Crippen molar-refractivity contribution < 1.29 is 9.59 Å². The number of amides is 2. The highest BCUT2D eigenvalue weighted by atomic mass is 16.2. The molecular formula is C31H45N3O2. The quantitative estimate of drug-likeness (QED) is 0.507. The Kier molecular flexibility index (Phi) is 11.0. The summed E-state index contributed by atoms with van der Waals surface area (Å²) in [6.07, 6.45) is 7.76. The lowest BCUT2D eigenvalue weighted by molar-refractivity contribution is -0.116. The summed E-state index contributed by atoms with van der Waals surface area (Å²) in [6, 6.07) is 14.2. The summed E-state index contributed by atoms with van der Waals surface area (Å²) in [5, 5.41) is 3.10. The molecule has 0 saturated carbocycles. The van der Waals surface area contributed by atoms with E-state index in [1.165, 1.54) is 30.4 Å². The molecule has 1 aliphatic rings. The van der Waals surface area contributed by atoms with Gasteiger partial charge in [-0.1, -0.05) is 57.4 Å². The molecule has 0 saturated heterocycles. The van der Waals surface area contributed by atoms with Crippen molar-refractivity contribution in [3.63, 3.8) is 0 Å². The third-order valence-electron chi connectivity index (χ3n) is 7.23. The fourth-order valence-corrected chi connectivity index (χ4v) is 4.95. The normalized spacial score (nSPS) is 15.6. The zero-order valence-electron chi connectivity index (χ0n) is 22.8. The predicted molar refractivity (Wildman–Crippen MR) is 150 cm³/mol. The van der Waals surface area contributed by atoms with Gasteiger partial charge in [0, 0.05) is 37.8 Å². The van der Waals surface area contributed by atoms with E-state index in [1.807, 2.05) is 35.2 Å². The Labute approximate surface area is 218 Å². The first kappa shape index (κ1) is 27.9.